The van der Waals surface area contributed by atoms with E-state index < -0.39 is 0 Å². The summed E-state index contributed by atoms with van der Waals surface area (Å²) in [5, 5.41) is 10.6. The number of hydrogen-bond donors (Lipinski definition) is 1. The van der Waals surface area contributed by atoms with E-state index in [1.807, 2.05) is 41.1 Å². The van der Waals surface area contributed by atoms with E-state index in [2.05, 4.69) is 12.2 Å². The van der Waals surface area contributed by atoms with E-state index in [1.165, 1.54) is 44.1 Å². The van der Waals surface area contributed by atoms with Crippen LogP contribution in [0.25, 0.3) is 16.9 Å². The molecule has 0 spiro atoms. The summed E-state index contributed by atoms with van der Waals surface area (Å²) in [6, 6.07) is 13.5. The van der Waals surface area contributed by atoms with E-state index in [0.717, 1.165) is 76.8 Å². The van der Waals surface area contributed by atoms with Crippen molar-refractivity contribution in [1.82, 2.24) is 15.1 Å². The average Bonchev–Trinajstić information content (AvgIpc) is 3.18. The minimum absolute atomic E-state index is 0.583. The van der Waals surface area contributed by atoms with Crippen LogP contribution in [0.1, 0.15) is 56.2 Å². The molecule has 0 amide bonds. The Labute approximate surface area is 235 Å². The van der Waals surface area contributed by atoms with Crippen molar-refractivity contribution in [2.24, 2.45) is 29.6 Å². The first-order chi connectivity index (χ1) is 18.0. The second-order valence-electron chi connectivity index (χ2n) is 11.7. The van der Waals surface area contributed by atoms with E-state index in [1.54, 1.807) is 12.5 Å². The van der Waals surface area contributed by atoms with Crippen molar-refractivity contribution >= 4 is 34.8 Å². The lowest BCUT2D eigenvalue weighted by Gasteiger charge is -2.54. The summed E-state index contributed by atoms with van der Waals surface area (Å²) >= 11 is 18.9. The highest BCUT2D eigenvalue weighted by molar-refractivity contribution is 6.35. The summed E-state index contributed by atoms with van der Waals surface area (Å²) in [7, 11) is 0. The molecule has 2 aromatic carbocycles. The number of aromatic nitrogens is 2. The molecule has 0 radical (unpaired) electrons. The largest absolute Gasteiger partial charge is 0.316 e. The summed E-state index contributed by atoms with van der Waals surface area (Å²) in [5.74, 6) is 5.21. The van der Waals surface area contributed by atoms with Crippen LogP contribution in [0.5, 0.6) is 0 Å². The second kappa shape index (κ2) is 10.9. The normalized spacial score (nSPS) is 26.2. The molecule has 1 heterocycles. The van der Waals surface area contributed by atoms with Crippen molar-refractivity contribution in [3.05, 3.63) is 68.8 Å². The van der Waals surface area contributed by atoms with Crippen LogP contribution in [0.2, 0.25) is 15.1 Å². The van der Waals surface area contributed by atoms with Gasteiger partial charge in [0.25, 0.3) is 0 Å². The molecule has 0 saturated heterocycles. The lowest BCUT2D eigenvalue weighted by Crippen LogP contribution is -2.45. The van der Waals surface area contributed by atoms with Crippen LogP contribution >= 0.6 is 34.8 Å². The third-order valence-corrected chi connectivity index (χ3v) is 10.1. The Balaban J connectivity index is 1.10. The Hall–Kier alpha value is -1.52. The summed E-state index contributed by atoms with van der Waals surface area (Å²) < 4.78 is 1.96. The first kappa shape index (κ1) is 25.7. The van der Waals surface area contributed by atoms with Crippen molar-refractivity contribution in [3.63, 3.8) is 0 Å². The fourth-order valence-corrected chi connectivity index (χ4v) is 8.47. The van der Waals surface area contributed by atoms with Gasteiger partial charge in [0.2, 0.25) is 0 Å². The molecule has 196 valence electrons. The molecule has 3 nitrogen and oxygen atoms in total. The van der Waals surface area contributed by atoms with Crippen LogP contribution in [-0.4, -0.2) is 22.9 Å². The lowest BCUT2D eigenvalue weighted by molar-refractivity contribution is -0.0401. The van der Waals surface area contributed by atoms with Crippen LogP contribution in [-0.2, 0) is 6.42 Å². The first-order valence-corrected chi connectivity index (χ1v) is 15.1. The van der Waals surface area contributed by atoms with Crippen molar-refractivity contribution in [2.45, 2.75) is 58.3 Å². The second-order valence-corrected chi connectivity index (χ2v) is 13.0. The molecule has 6 heteroatoms. The van der Waals surface area contributed by atoms with Gasteiger partial charge in [-0.1, -0.05) is 46.9 Å². The molecule has 1 aromatic heterocycles. The molecule has 7 rings (SSSR count). The maximum absolute atomic E-state index is 6.60. The van der Waals surface area contributed by atoms with Gasteiger partial charge in [0.05, 0.1) is 22.1 Å². The molecule has 4 bridgehead atoms. The minimum Gasteiger partial charge on any atom is -0.316 e. The topological polar surface area (TPSA) is 29.9 Å². The number of halogens is 3. The molecule has 4 aliphatic carbocycles. The van der Waals surface area contributed by atoms with Gasteiger partial charge in [-0.15, -0.1) is 0 Å². The Morgan fingerprint density at radius 1 is 0.865 bits per heavy atom. The first-order valence-electron chi connectivity index (χ1n) is 14.0. The highest BCUT2D eigenvalue weighted by atomic mass is 35.5. The predicted octanol–water partition coefficient (Wildman–Crippen LogP) is 8.79. The molecular weight excluding hydrogens is 521 g/mol. The zero-order valence-electron chi connectivity index (χ0n) is 21.5. The Kier molecular flexibility index (Phi) is 7.60. The standard InChI is InChI=1S/C31H36Cl3N3/c1-19-29(10-12-35-11-2-3-27-23-14-20-13-21(16-23)17-24(27)15-20)36-37(30-9-8-26(33)18-28(30)34)31(19)22-4-6-25(32)7-5-22/h4-9,18,20-21,23-24,27,35H,2-3,10-17H2,1H3. The predicted molar refractivity (Wildman–Crippen MR) is 155 cm³/mol. The number of rotatable bonds is 9. The number of benzene rings is 2. The molecule has 4 aliphatic rings. The van der Waals surface area contributed by atoms with Crippen molar-refractivity contribution in [3.8, 4) is 16.9 Å². The van der Waals surface area contributed by atoms with Gasteiger partial charge in [0, 0.05) is 28.6 Å². The monoisotopic (exact) mass is 555 g/mol. The summed E-state index contributed by atoms with van der Waals surface area (Å²) in [6.45, 7) is 4.17. The number of nitrogens with zero attached hydrogens (tertiary/aromatic N) is 2. The third-order valence-electron chi connectivity index (χ3n) is 9.33. The summed E-state index contributed by atoms with van der Waals surface area (Å²) in [5.41, 5.74) is 5.19. The van der Waals surface area contributed by atoms with Gasteiger partial charge in [-0.05, 0) is 124 Å². The van der Waals surface area contributed by atoms with Crippen LogP contribution in [0, 0.1) is 36.5 Å². The van der Waals surface area contributed by atoms with Gasteiger partial charge in [-0.2, -0.15) is 5.10 Å². The molecular formula is C31H36Cl3N3. The molecule has 4 saturated carbocycles. The number of nitrogens with one attached hydrogen (secondary N) is 1. The Bertz CT molecular complexity index is 1220. The summed E-state index contributed by atoms with van der Waals surface area (Å²) in [6.07, 6.45) is 11.2. The molecule has 0 unspecified atom stereocenters. The zero-order chi connectivity index (χ0) is 25.5. The maximum Gasteiger partial charge on any atom is 0.0840 e. The molecule has 4 fully saturated rings. The Morgan fingerprint density at radius 2 is 1.54 bits per heavy atom. The van der Waals surface area contributed by atoms with Crippen LogP contribution in [0.3, 0.4) is 0 Å². The Morgan fingerprint density at radius 3 is 2.22 bits per heavy atom. The maximum atomic E-state index is 6.60. The van der Waals surface area contributed by atoms with E-state index in [9.17, 15) is 0 Å². The average molecular weight is 557 g/mol. The SMILES string of the molecule is Cc1c(CCNCCCC2C3CC4CC(C3)CC2C4)nn(-c2ccc(Cl)cc2Cl)c1-c1ccc(Cl)cc1. The van der Waals surface area contributed by atoms with Crippen molar-refractivity contribution in [2.75, 3.05) is 13.1 Å². The quantitative estimate of drug-likeness (QED) is 0.267. The van der Waals surface area contributed by atoms with Crippen LogP contribution in [0.4, 0.5) is 0 Å². The van der Waals surface area contributed by atoms with Gasteiger partial charge in [0.1, 0.15) is 0 Å². The van der Waals surface area contributed by atoms with Gasteiger partial charge < -0.3 is 5.32 Å². The van der Waals surface area contributed by atoms with Crippen molar-refractivity contribution in [1.29, 1.82) is 0 Å². The highest BCUT2D eigenvalue weighted by Gasteiger charge is 2.47. The molecule has 1 N–H and O–H groups in total. The van der Waals surface area contributed by atoms with Crippen LogP contribution < -0.4 is 5.32 Å². The van der Waals surface area contributed by atoms with Gasteiger partial charge >= 0.3 is 0 Å². The number of hydrogen-bond acceptors (Lipinski definition) is 2. The molecule has 0 aliphatic heterocycles. The summed E-state index contributed by atoms with van der Waals surface area (Å²) in [4.78, 5) is 0. The fourth-order valence-electron chi connectivity index (χ4n) is 7.86. The van der Waals surface area contributed by atoms with Gasteiger partial charge in [-0.3, -0.25) is 0 Å². The van der Waals surface area contributed by atoms with E-state index in [-0.39, 0.29) is 0 Å². The van der Waals surface area contributed by atoms with Gasteiger partial charge in [-0.25, -0.2) is 4.68 Å². The fraction of sp³-hybridized carbons (Fsp3) is 0.516. The van der Waals surface area contributed by atoms with E-state index in [0.29, 0.717) is 10.0 Å². The lowest BCUT2D eigenvalue weighted by atomic mass is 9.51. The highest BCUT2D eigenvalue weighted by Crippen LogP contribution is 2.57. The van der Waals surface area contributed by atoms with Crippen molar-refractivity contribution < 1.29 is 0 Å². The zero-order valence-corrected chi connectivity index (χ0v) is 23.8. The molecule has 3 aromatic rings. The molecule has 37 heavy (non-hydrogen) atoms. The van der Waals surface area contributed by atoms with E-state index in [4.69, 9.17) is 39.9 Å². The van der Waals surface area contributed by atoms with Crippen LogP contribution in [0.15, 0.2) is 42.5 Å². The smallest absolute Gasteiger partial charge is 0.0840 e. The third kappa shape index (κ3) is 5.35. The van der Waals surface area contributed by atoms with Gasteiger partial charge in [0.15, 0.2) is 0 Å². The van der Waals surface area contributed by atoms with E-state index >= 15 is 0 Å². The minimum atomic E-state index is 0.583. The molecule has 0 atom stereocenters.